The summed E-state index contributed by atoms with van der Waals surface area (Å²) in [4.78, 5) is 0. The highest BCUT2D eigenvalue weighted by atomic mass is 16.5. The Morgan fingerprint density at radius 3 is 2.50 bits per heavy atom. The molecule has 0 aliphatic carbocycles. The number of aliphatic hydroxyl groups is 1. The molecule has 0 spiro atoms. The maximum absolute atomic E-state index is 9.85. The molecule has 1 rings (SSSR count). The maximum Gasteiger partial charge on any atom is 0.119 e. The fourth-order valence-electron chi connectivity index (χ4n) is 1.75. The molecule has 0 heterocycles. The Morgan fingerprint density at radius 1 is 1.19 bits per heavy atom. The van der Waals surface area contributed by atoms with E-state index in [1.807, 2.05) is 30.3 Å². The predicted molar refractivity (Wildman–Crippen MR) is 66.6 cm³/mol. The van der Waals surface area contributed by atoms with Gasteiger partial charge in [0.05, 0.1) is 12.7 Å². The monoisotopic (exact) mass is 222 g/mol. The standard InChI is InChI=1S/C14H22O2/c1-3-7-12(2)14(15)10-11-16-13-8-5-4-6-9-13/h4-6,8-9,12,14-15H,3,7,10-11H2,1-2H3. The van der Waals surface area contributed by atoms with E-state index in [4.69, 9.17) is 4.74 Å². The van der Waals surface area contributed by atoms with E-state index in [-0.39, 0.29) is 6.10 Å². The molecular formula is C14H22O2. The van der Waals surface area contributed by atoms with E-state index in [1.165, 1.54) is 0 Å². The first-order chi connectivity index (χ1) is 7.74. The Kier molecular flexibility index (Phi) is 5.94. The van der Waals surface area contributed by atoms with Crippen LogP contribution in [0, 0.1) is 5.92 Å². The van der Waals surface area contributed by atoms with Crippen LogP contribution in [-0.2, 0) is 0 Å². The number of hydrogen-bond acceptors (Lipinski definition) is 2. The van der Waals surface area contributed by atoms with Crippen LogP contribution in [-0.4, -0.2) is 17.8 Å². The minimum absolute atomic E-state index is 0.247. The molecule has 0 amide bonds. The van der Waals surface area contributed by atoms with Crippen LogP contribution in [0.4, 0.5) is 0 Å². The van der Waals surface area contributed by atoms with Crippen molar-refractivity contribution in [3.8, 4) is 5.75 Å². The smallest absolute Gasteiger partial charge is 0.119 e. The highest BCUT2D eigenvalue weighted by molar-refractivity contribution is 5.20. The first-order valence-corrected chi connectivity index (χ1v) is 6.10. The molecule has 2 nitrogen and oxygen atoms in total. The summed E-state index contributed by atoms with van der Waals surface area (Å²) in [7, 11) is 0. The van der Waals surface area contributed by atoms with E-state index in [0.717, 1.165) is 18.6 Å². The molecular weight excluding hydrogens is 200 g/mol. The summed E-state index contributed by atoms with van der Waals surface area (Å²) in [5.74, 6) is 1.24. The maximum atomic E-state index is 9.85. The number of rotatable bonds is 7. The van der Waals surface area contributed by atoms with Crippen LogP contribution in [0.5, 0.6) is 5.75 Å². The molecule has 2 atom stereocenters. The van der Waals surface area contributed by atoms with Gasteiger partial charge in [0.15, 0.2) is 0 Å². The van der Waals surface area contributed by atoms with E-state index in [2.05, 4.69) is 13.8 Å². The van der Waals surface area contributed by atoms with E-state index >= 15 is 0 Å². The summed E-state index contributed by atoms with van der Waals surface area (Å²) in [6.45, 7) is 4.82. The molecule has 0 saturated heterocycles. The summed E-state index contributed by atoms with van der Waals surface area (Å²) in [5.41, 5.74) is 0. The first kappa shape index (κ1) is 13.0. The number of para-hydroxylation sites is 1. The largest absolute Gasteiger partial charge is 0.493 e. The van der Waals surface area contributed by atoms with Crippen molar-refractivity contribution in [2.24, 2.45) is 5.92 Å². The fraction of sp³-hybridized carbons (Fsp3) is 0.571. The summed E-state index contributed by atoms with van der Waals surface area (Å²) in [6.07, 6.45) is 2.66. The molecule has 0 fully saturated rings. The Morgan fingerprint density at radius 2 is 1.88 bits per heavy atom. The van der Waals surface area contributed by atoms with E-state index < -0.39 is 0 Å². The van der Waals surface area contributed by atoms with Crippen molar-refractivity contribution >= 4 is 0 Å². The quantitative estimate of drug-likeness (QED) is 0.767. The molecule has 0 aliphatic heterocycles. The third-order valence-electron chi connectivity index (χ3n) is 2.83. The van der Waals surface area contributed by atoms with Gasteiger partial charge < -0.3 is 9.84 Å². The molecule has 16 heavy (non-hydrogen) atoms. The van der Waals surface area contributed by atoms with Crippen molar-refractivity contribution in [3.63, 3.8) is 0 Å². The summed E-state index contributed by atoms with van der Waals surface area (Å²) in [5, 5.41) is 9.85. The van der Waals surface area contributed by atoms with Gasteiger partial charge in [-0.15, -0.1) is 0 Å². The second kappa shape index (κ2) is 7.29. The Hall–Kier alpha value is -1.02. The summed E-state index contributed by atoms with van der Waals surface area (Å²) >= 11 is 0. The average molecular weight is 222 g/mol. The van der Waals surface area contributed by atoms with Gasteiger partial charge in [-0.2, -0.15) is 0 Å². The molecule has 1 aromatic carbocycles. The lowest BCUT2D eigenvalue weighted by Crippen LogP contribution is -2.20. The van der Waals surface area contributed by atoms with E-state index in [0.29, 0.717) is 18.9 Å². The fourth-order valence-corrected chi connectivity index (χ4v) is 1.75. The molecule has 1 aromatic rings. The van der Waals surface area contributed by atoms with Gasteiger partial charge in [-0.3, -0.25) is 0 Å². The van der Waals surface area contributed by atoms with Crippen molar-refractivity contribution < 1.29 is 9.84 Å². The number of aliphatic hydroxyl groups excluding tert-OH is 1. The second-order valence-corrected chi connectivity index (χ2v) is 4.28. The molecule has 2 heteroatoms. The zero-order valence-corrected chi connectivity index (χ0v) is 10.2. The predicted octanol–water partition coefficient (Wildman–Crippen LogP) is 3.25. The Balaban J connectivity index is 2.20. The molecule has 0 bridgehead atoms. The normalized spacial score (nSPS) is 14.4. The van der Waals surface area contributed by atoms with Gasteiger partial charge in [-0.05, 0) is 24.5 Å². The third kappa shape index (κ3) is 4.67. The van der Waals surface area contributed by atoms with Crippen LogP contribution >= 0.6 is 0 Å². The highest BCUT2D eigenvalue weighted by Gasteiger charge is 2.12. The zero-order valence-electron chi connectivity index (χ0n) is 10.2. The molecule has 0 aromatic heterocycles. The summed E-state index contributed by atoms with van der Waals surface area (Å²) in [6, 6.07) is 9.73. The van der Waals surface area contributed by atoms with Crippen molar-refractivity contribution in [2.75, 3.05) is 6.61 Å². The average Bonchev–Trinajstić information content (AvgIpc) is 2.30. The van der Waals surface area contributed by atoms with E-state index in [1.54, 1.807) is 0 Å². The van der Waals surface area contributed by atoms with Gasteiger partial charge in [0, 0.05) is 6.42 Å². The van der Waals surface area contributed by atoms with Crippen molar-refractivity contribution in [2.45, 2.75) is 39.2 Å². The SMILES string of the molecule is CCCC(C)C(O)CCOc1ccccc1. The molecule has 2 unspecified atom stereocenters. The van der Waals surface area contributed by atoms with Gasteiger partial charge in [0.25, 0.3) is 0 Å². The van der Waals surface area contributed by atoms with Crippen molar-refractivity contribution in [1.29, 1.82) is 0 Å². The van der Waals surface area contributed by atoms with Crippen LogP contribution in [0.2, 0.25) is 0 Å². The van der Waals surface area contributed by atoms with Crippen LogP contribution in [0.15, 0.2) is 30.3 Å². The molecule has 1 N–H and O–H groups in total. The van der Waals surface area contributed by atoms with Gasteiger partial charge in [-0.1, -0.05) is 38.5 Å². The highest BCUT2D eigenvalue weighted by Crippen LogP contribution is 2.14. The van der Waals surface area contributed by atoms with Crippen LogP contribution in [0.25, 0.3) is 0 Å². The lowest BCUT2D eigenvalue weighted by molar-refractivity contribution is 0.0860. The Bertz CT molecular complexity index is 271. The minimum Gasteiger partial charge on any atom is -0.493 e. The van der Waals surface area contributed by atoms with Gasteiger partial charge in [0.1, 0.15) is 5.75 Å². The molecule has 0 aliphatic rings. The van der Waals surface area contributed by atoms with Gasteiger partial charge >= 0.3 is 0 Å². The molecule has 0 saturated carbocycles. The lowest BCUT2D eigenvalue weighted by atomic mass is 9.97. The number of hydrogen-bond donors (Lipinski definition) is 1. The van der Waals surface area contributed by atoms with Crippen molar-refractivity contribution in [1.82, 2.24) is 0 Å². The van der Waals surface area contributed by atoms with Gasteiger partial charge in [-0.25, -0.2) is 0 Å². The van der Waals surface area contributed by atoms with Crippen LogP contribution in [0.1, 0.15) is 33.1 Å². The molecule has 90 valence electrons. The lowest BCUT2D eigenvalue weighted by Gasteiger charge is -2.18. The van der Waals surface area contributed by atoms with Crippen LogP contribution in [0.3, 0.4) is 0 Å². The van der Waals surface area contributed by atoms with E-state index in [9.17, 15) is 5.11 Å². The second-order valence-electron chi connectivity index (χ2n) is 4.28. The minimum atomic E-state index is -0.247. The van der Waals surface area contributed by atoms with Gasteiger partial charge in [0.2, 0.25) is 0 Å². The third-order valence-corrected chi connectivity index (χ3v) is 2.83. The number of benzene rings is 1. The van der Waals surface area contributed by atoms with Crippen molar-refractivity contribution in [3.05, 3.63) is 30.3 Å². The Labute approximate surface area is 98.3 Å². The summed E-state index contributed by atoms with van der Waals surface area (Å²) < 4.78 is 5.54. The molecule has 0 radical (unpaired) electrons. The topological polar surface area (TPSA) is 29.5 Å². The zero-order chi connectivity index (χ0) is 11.8. The number of ether oxygens (including phenoxy) is 1. The first-order valence-electron chi connectivity index (χ1n) is 6.10. The van der Waals surface area contributed by atoms with Crippen LogP contribution < -0.4 is 4.74 Å².